The van der Waals surface area contributed by atoms with Gasteiger partial charge in [-0.1, -0.05) is 30.3 Å². The minimum atomic E-state index is -0.309. The number of anilines is 2. The minimum absolute atomic E-state index is 0.0681. The number of nitrogens with one attached hydrogen (secondary N) is 1. The fourth-order valence-corrected chi connectivity index (χ4v) is 2.75. The fraction of sp³-hybridized carbons (Fsp3) is 0.0870. The van der Waals surface area contributed by atoms with Crippen molar-refractivity contribution in [3.8, 4) is 0 Å². The maximum Gasteiger partial charge on any atom is 0.258 e. The highest BCUT2D eigenvalue weighted by molar-refractivity contribution is 6.08. The van der Waals surface area contributed by atoms with Crippen LogP contribution in [0, 0.1) is 0 Å². The second-order valence-corrected chi connectivity index (χ2v) is 6.37. The molecule has 2 amide bonds. The molecule has 3 rings (SSSR count). The summed E-state index contributed by atoms with van der Waals surface area (Å²) in [6, 6.07) is 22.6. The number of amides is 2. The highest BCUT2D eigenvalue weighted by atomic mass is 16.2. The predicted molar refractivity (Wildman–Crippen MR) is 110 cm³/mol. The Labute approximate surface area is 163 Å². The molecule has 0 aliphatic heterocycles. The van der Waals surface area contributed by atoms with Gasteiger partial charge in [0.25, 0.3) is 11.8 Å². The Bertz CT molecular complexity index is 1010. The first-order valence-electron chi connectivity index (χ1n) is 8.81. The van der Waals surface area contributed by atoms with Gasteiger partial charge < -0.3 is 10.2 Å². The van der Waals surface area contributed by atoms with Gasteiger partial charge in [-0.2, -0.15) is 0 Å². The monoisotopic (exact) mass is 372 g/mol. The second-order valence-electron chi connectivity index (χ2n) is 6.37. The maximum absolute atomic E-state index is 12.6. The second kappa shape index (κ2) is 8.31. The zero-order chi connectivity index (χ0) is 20.1. The number of hydrogen-bond donors (Lipinski definition) is 1. The molecule has 3 aromatic carbocycles. The van der Waals surface area contributed by atoms with Gasteiger partial charge in [-0.05, 0) is 55.5 Å². The van der Waals surface area contributed by atoms with Crippen LogP contribution in [-0.4, -0.2) is 24.6 Å². The zero-order valence-corrected chi connectivity index (χ0v) is 15.7. The van der Waals surface area contributed by atoms with E-state index >= 15 is 0 Å². The summed E-state index contributed by atoms with van der Waals surface area (Å²) in [6.07, 6.45) is 0. The van der Waals surface area contributed by atoms with E-state index in [4.69, 9.17) is 0 Å². The van der Waals surface area contributed by atoms with Crippen LogP contribution in [0.25, 0.3) is 0 Å². The lowest BCUT2D eigenvalue weighted by molar-refractivity contribution is 0.0988. The number of Topliss-reactive ketones (excluding diaryl/α,β-unsaturated/α-hetero) is 1. The zero-order valence-electron chi connectivity index (χ0n) is 15.7. The number of carbonyl (C=O) groups excluding carboxylic acids is 3. The predicted octanol–water partition coefficient (Wildman–Crippen LogP) is 4.42. The van der Waals surface area contributed by atoms with Crippen molar-refractivity contribution in [2.75, 3.05) is 17.3 Å². The lowest BCUT2D eigenvalue weighted by Gasteiger charge is -2.17. The third-order valence-electron chi connectivity index (χ3n) is 4.37. The van der Waals surface area contributed by atoms with E-state index in [0.717, 1.165) is 5.69 Å². The molecule has 5 nitrogen and oxygen atoms in total. The first-order valence-corrected chi connectivity index (χ1v) is 8.81. The normalized spacial score (nSPS) is 10.2. The summed E-state index contributed by atoms with van der Waals surface area (Å²) in [5, 5.41) is 2.76. The standard InChI is InChI=1S/C23H20N2O3/c1-16(26)19-7-6-8-20(15-19)24-22(27)17-11-13-18(14-12-17)23(28)25(2)21-9-4-3-5-10-21/h3-15H,1-2H3,(H,24,27). The molecule has 0 saturated carbocycles. The molecule has 28 heavy (non-hydrogen) atoms. The van der Waals surface area contributed by atoms with Gasteiger partial charge in [0.15, 0.2) is 5.78 Å². The average molecular weight is 372 g/mol. The largest absolute Gasteiger partial charge is 0.322 e. The Hall–Kier alpha value is -3.73. The van der Waals surface area contributed by atoms with Crippen LogP contribution in [0.15, 0.2) is 78.9 Å². The molecule has 5 heteroatoms. The quantitative estimate of drug-likeness (QED) is 0.674. The van der Waals surface area contributed by atoms with Crippen molar-refractivity contribution < 1.29 is 14.4 Å². The van der Waals surface area contributed by atoms with Gasteiger partial charge in [-0.25, -0.2) is 0 Å². The van der Waals surface area contributed by atoms with Crippen molar-refractivity contribution in [1.29, 1.82) is 0 Å². The number of nitrogens with zero attached hydrogens (tertiary/aromatic N) is 1. The van der Waals surface area contributed by atoms with Crippen molar-refractivity contribution in [2.45, 2.75) is 6.92 Å². The van der Waals surface area contributed by atoms with Crippen molar-refractivity contribution in [2.24, 2.45) is 0 Å². The van der Waals surface area contributed by atoms with Crippen molar-refractivity contribution in [3.05, 3.63) is 95.6 Å². The highest BCUT2D eigenvalue weighted by Crippen LogP contribution is 2.17. The molecule has 140 valence electrons. The summed E-state index contributed by atoms with van der Waals surface area (Å²) in [4.78, 5) is 38.1. The number of rotatable bonds is 5. The van der Waals surface area contributed by atoms with Crippen molar-refractivity contribution in [3.63, 3.8) is 0 Å². The molecular weight excluding hydrogens is 352 g/mol. The third-order valence-corrected chi connectivity index (χ3v) is 4.37. The molecule has 0 fully saturated rings. The van der Waals surface area contributed by atoms with Gasteiger partial charge >= 0.3 is 0 Å². The molecule has 0 aliphatic carbocycles. The van der Waals surface area contributed by atoms with Crippen LogP contribution in [0.1, 0.15) is 38.0 Å². The summed E-state index contributed by atoms with van der Waals surface area (Å²) >= 11 is 0. The first kappa shape index (κ1) is 19.0. The van der Waals surface area contributed by atoms with Crippen LogP contribution >= 0.6 is 0 Å². The van der Waals surface area contributed by atoms with E-state index in [0.29, 0.717) is 22.4 Å². The Kier molecular flexibility index (Phi) is 5.65. The summed E-state index contributed by atoms with van der Waals surface area (Å²) < 4.78 is 0. The number of hydrogen-bond acceptors (Lipinski definition) is 3. The van der Waals surface area contributed by atoms with Gasteiger partial charge in [0.1, 0.15) is 0 Å². The van der Waals surface area contributed by atoms with Gasteiger partial charge in [0.2, 0.25) is 0 Å². The number of carbonyl (C=O) groups is 3. The number of benzene rings is 3. The van der Waals surface area contributed by atoms with Crippen LogP contribution in [-0.2, 0) is 0 Å². The van der Waals surface area contributed by atoms with Crippen molar-refractivity contribution in [1.82, 2.24) is 0 Å². The Balaban J connectivity index is 1.71. The van der Waals surface area contributed by atoms with Crippen LogP contribution in [0.5, 0.6) is 0 Å². The highest BCUT2D eigenvalue weighted by Gasteiger charge is 2.14. The first-order chi connectivity index (χ1) is 13.5. The van der Waals surface area contributed by atoms with E-state index in [1.807, 2.05) is 30.3 Å². The van der Waals surface area contributed by atoms with E-state index < -0.39 is 0 Å². The molecule has 0 radical (unpaired) electrons. The van der Waals surface area contributed by atoms with E-state index in [1.54, 1.807) is 60.5 Å². The molecule has 0 atom stereocenters. The lowest BCUT2D eigenvalue weighted by atomic mass is 10.1. The topological polar surface area (TPSA) is 66.5 Å². The molecule has 1 N–H and O–H groups in total. The van der Waals surface area contributed by atoms with E-state index in [-0.39, 0.29) is 17.6 Å². The summed E-state index contributed by atoms with van der Waals surface area (Å²) in [5.41, 5.74) is 2.78. The minimum Gasteiger partial charge on any atom is -0.322 e. The van der Waals surface area contributed by atoms with Crippen LogP contribution < -0.4 is 10.2 Å². The Morgan fingerprint density at radius 3 is 2.04 bits per heavy atom. The van der Waals surface area contributed by atoms with Gasteiger partial charge in [-0.15, -0.1) is 0 Å². The molecule has 0 bridgehead atoms. The van der Waals surface area contributed by atoms with E-state index in [2.05, 4.69) is 5.32 Å². The van der Waals surface area contributed by atoms with Gasteiger partial charge in [-0.3, -0.25) is 14.4 Å². The summed E-state index contributed by atoms with van der Waals surface area (Å²) in [6.45, 7) is 1.48. The summed E-state index contributed by atoms with van der Waals surface area (Å²) in [5.74, 6) is -0.537. The van der Waals surface area contributed by atoms with Crippen LogP contribution in [0.2, 0.25) is 0 Å². The molecule has 0 spiro atoms. The fourth-order valence-electron chi connectivity index (χ4n) is 2.75. The molecule has 0 saturated heterocycles. The number of ketones is 1. The maximum atomic E-state index is 12.6. The van der Waals surface area contributed by atoms with E-state index in [9.17, 15) is 14.4 Å². The average Bonchev–Trinajstić information content (AvgIpc) is 2.73. The van der Waals surface area contributed by atoms with E-state index in [1.165, 1.54) is 6.92 Å². The van der Waals surface area contributed by atoms with Crippen LogP contribution in [0.3, 0.4) is 0 Å². The smallest absolute Gasteiger partial charge is 0.258 e. The van der Waals surface area contributed by atoms with Crippen molar-refractivity contribution >= 4 is 29.0 Å². The molecular formula is C23H20N2O3. The SMILES string of the molecule is CC(=O)c1cccc(NC(=O)c2ccc(C(=O)N(C)c3ccccc3)cc2)c1. The lowest BCUT2D eigenvalue weighted by Crippen LogP contribution is -2.26. The van der Waals surface area contributed by atoms with Crippen LogP contribution in [0.4, 0.5) is 11.4 Å². The molecule has 3 aromatic rings. The molecule has 0 unspecified atom stereocenters. The number of para-hydroxylation sites is 1. The Morgan fingerprint density at radius 1 is 0.750 bits per heavy atom. The Morgan fingerprint density at radius 2 is 1.39 bits per heavy atom. The summed E-state index contributed by atoms with van der Waals surface area (Å²) in [7, 11) is 1.71. The molecule has 0 heterocycles. The third kappa shape index (κ3) is 4.32. The molecule has 0 aromatic heterocycles. The van der Waals surface area contributed by atoms with Gasteiger partial charge in [0.05, 0.1) is 0 Å². The van der Waals surface area contributed by atoms with Gasteiger partial charge in [0, 0.05) is 35.1 Å². The molecule has 0 aliphatic rings.